The lowest BCUT2D eigenvalue weighted by Gasteiger charge is -2.02. The van der Waals surface area contributed by atoms with Gasteiger partial charge in [-0.1, -0.05) is 19.2 Å². The van der Waals surface area contributed by atoms with Crippen molar-refractivity contribution >= 4 is 5.57 Å². The Hall–Kier alpha value is -1.90. The normalized spacial score (nSPS) is 10.5. The van der Waals surface area contributed by atoms with Gasteiger partial charge in [0.2, 0.25) is 0 Å². The van der Waals surface area contributed by atoms with Gasteiger partial charge in [-0.05, 0) is 23.8 Å². The lowest BCUT2D eigenvalue weighted by Crippen LogP contribution is -1.85. The van der Waals surface area contributed by atoms with Crippen molar-refractivity contribution in [3.05, 3.63) is 60.7 Å². The monoisotopic (exact) mass is 208 g/mol. The van der Waals surface area contributed by atoms with E-state index in [1.165, 1.54) is 18.2 Å². The molecule has 1 rings (SSSR count). The number of hydrogen-bond donors (Lipinski definition) is 1. The minimum atomic E-state index is -0.629. The highest BCUT2D eigenvalue weighted by Crippen LogP contribution is 2.22. The lowest BCUT2D eigenvalue weighted by atomic mass is 10.1. The zero-order chi connectivity index (χ0) is 11.4. The van der Waals surface area contributed by atoms with E-state index in [-0.39, 0.29) is 11.3 Å². The third-order valence-electron chi connectivity index (χ3n) is 1.76. The number of phenols is 1. The van der Waals surface area contributed by atoms with Gasteiger partial charge in [0.05, 0.1) is 0 Å². The molecule has 0 radical (unpaired) electrons. The first-order valence-corrected chi connectivity index (χ1v) is 4.21. The fourth-order valence-corrected chi connectivity index (χ4v) is 1.05. The molecule has 78 valence electrons. The molecule has 15 heavy (non-hydrogen) atoms. The largest absolute Gasteiger partial charge is 0.508 e. The van der Waals surface area contributed by atoms with Gasteiger partial charge in [0.25, 0.3) is 0 Å². The standard InChI is InChI=1S/C12H10F2O/c1-8(3-4-9(2)13)11-6-5-10(15)7-12(11)14/h3-7,15H,1-2H2/b4-3-. The summed E-state index contributed by atoms with van der Waals surface area (Å²) in [5.74, 6) is -1.40. The number of halogens is 2. The molecule has 1 aromatic carbocycles. The molecule has 0 saturated heterocycles. The molecule has 1 aromatic rings. The fraction of sp³-hybridized carbons (Fsp3) is 0. The highest BCUT2D eigenvalue weighted by molar-refractivity contribution is 5.73. The van der Waals surface area contributed by atoms with Crippen molar-refractivity contribution in [2.75, 3.05) is 0 Å². The minimum Gasteiger partial charge on any atom is -0.508 e. The zero-order valence-corrected chi connectivity index (χ0v) is 8.00. The molecule has 0 bridgehead atoms. The number of benzene rings is 1. The summed E-state index contributed by atoms with van der Waals surface area (Å²) in [6, 6.07) is 3.68. The predicted octanol–water partition coefficient (Wildman–Crippen LogP) is 3.58. The van der Waals surface area contributed by atoms with Crippen LogP contribution < -0.4 is 0 Å². The Morgan fingerprint density at radius 2 is 1.93 bits per heavy atom. The van der Waals surface area contributed by atoms with Crippen LogP contribution in [0.1, 0.15) is 5.56 Å². The molecule has 0 aliphatic rings. The van der Waals surface area contributed by atoms with Crippen LogP contribution in [0.2, 0.25) is 0 Å². The van der Waals surface area contributed by atoms with E-state index in [0.29, 0.717) is 5.57 Å². The van der Waals surface area contributed by atoms with Crippen molar-refractivity contribution in [1.82, 2.24) is 0 Å². The maximum absolute atomic E-state index is 13.3. The van der Waals surface area contributed by atoms with Crippen LogP contribution in [0.3, 0.4) is 0 Å². The SMILES string of the molecule is C=C(F)/C=C\C(=C)c1ccc(O)cc1F. The van der Waals surface area contributed by atoms with Crippen LogP contribution in [0.25, 0.3) is 5.57 Å². The highest BCUT2D eigenvalue weighted by atomic mass is 19.1. The van der Waals surface area contributed by atoms with Gasteiger partial charge in [-0.2, -0.15) is 0 Å². The lowest BCUT2D eigenvalue weighted by molar-refractivity contribution is 0.469. The van der Waals surface area contributed by atoms with E-state index in [9.17, 15) is 8.78 Å². The number of rotatable bonds is 3. The number of aromatic hydroxyl groups is 1. The van der Waals surface area contributed by atoms with Crippen molar-refractivity contribution in [1.29, 1.82) is 0 Å². The zero-order valence-electron chi connectivity index (χ0n) is 8.00. The molecule has 3 heteroatoms. The summed E-state index contributed by atoms with van der Waals surface area (Å²) in [4.78, 5) is 0. The van der Waals surface area contributed by atoms with Crippen LogP contribution in [0, 0.1) is 5.82 Å². The molecule has 0 saturated carbocycles. The molecule has 0 heterocycles. The van der Waals surface area contributed by atoms with Gasteiger partial charge in [-0.25, -0.2) is 8.78 Å². The molecule has 1 nitrogen and oxygen atoms in total. The van der Waals surface area contributed by atoms with Gasteiger partial charge in [-0.15, -0.1) is 0 Å². The summed E-state index contributed by atoms with van der Waals surface area (Å²) >= 11 is 0. The molecule has 0 spiro atoms. The van der Waals surface area contributed by atoms with Gasteiger partial charge in [0.15, 0.2) is 0 Å². The van der Waals surface area contributed by atoms with Gasteiger partial charge in [0, 0.05) is 11.6 Å². The van der Waals surface area contributed by atoms with E-state index in [1.807, 2.05) is 0 Å². The number of hydrogen-bond acceptors (Lipinski definition) is 1. The summed E-state index contributed by atoms with van der Waals surface area (Å²) in [5.41, 5.74) is 0.525. The van der Waals surface area contributed by atoms with Crippen molar-refractivity contribution in [2.45, 2.75) is 0 Å². The van der Waals surface area contributed by atoms with Crippen LogP contribution in [-0.4, -0.2) is 5.11 Å². The predicted molar refractivity (Wildman–Crippen MR) is 56.5 cm³/mol. The summed E-state index contributed by atoms with van der Waals surface area (Å²) in [7, 11) is 0. The summed E-state index contributed by atoms with van der Waals surface area (Å²) in [6.07, 6.45) is 2.41. The third-order valence-corrected chi connectivity index (χ3v) is 1.76. The van der Waals surface area contributed by atoms with E-state index in [2.05, 4.69) is 13.2 Å². The molecule has 0 aliphatic carbocycles. The second kappa shape index (κ2) is 4.55. The van der Waals surface area contributed by atoms with E-state index in [0.717, 1.165) is 12.1 Å². The molecule has 0 aromatic heterocycles. The number of allylic oxidation sites excluding steroid dienone is 4. The summed E-state index contributed by atoms with van der Waals surface area (Å²) in [6.45, 7) is 6.60. The molecular weight excluding hydrogens is 198 g/mol. The third kappa shape index (κ3) is 3.06. The Morgan fingerprint density at radius 3 is 2.47 bits per heavy atom. The first kappa shape index (κ1) is 11.2. The minimum absolute atomic E-state index is 0.164. The molecule has 0 aliphatic heterocycles. The average Bonchev–Trinajstić information content (AvgIpc) is 2.14. The van der Waals surface area contributed by atoms with Gasteiger partial charge < -0.3 is 5.11 Å². The van der Waals surface area contributed by atoms with Gasteiger partial charge in [-0.3, -0.25) is 0 Å². The molecule has 1 N–H and O–H groups in total. The fourth-order valence-electron chi connectivity index (χ4n) is 1.05. The summed E-state index contributed by atoms with van der Waals surface area (Å²) < 4.78 is 25.5. The van der Waals surface area contributed by atoms with E-state index in [4.69, 9.17) is 5.11 Å². The molecule has 0 atom stereocenters. The van der Waals surface area contributed by atoms with Crippen LogP contribution in [0.4, 0.5) is 8.78 Å². The second-order valence-corrected chi connectivity index (χ2v) is 2.97. The van der Waals surface area contributed by atoms with Crippen LogP contribution in [0.15, 0.2) is 49.3 Å². The number of phenolic OH excluding ortho intramolecular Hbond substituents is 1. The Balaban J connectivity index is 2.97. The second-order valence-electron chi connectivity index (χ2n) is 2.97. The molecule has 0 fully saturated rings. The van der Waals surface area contributed by atoms with Crippen LogP contribution >= 0.6 is 0 Å². The Morgan fingerprint density at radius 1 is 1.27 bits per heavy atom. The molecular formula is C12H10F2O. The van der Waals surface area contributed by atoms with E-state index >= 15 is 0 Å². The van der Waals surface area contributed by atoms with Crippen molar-refractivity contribution in [2.24, 2.45) is 0 Å². The quantitative estimate of drug-likeness (QED) is 0.752. The van der Waals surface area contributed by atoms with Crippen molar-refractivity contribution < 1.29 is 13.9 Å². The maximum atomic E-state index is 13.3. The van der Waals surface area contributed by atoms with Crippen molar-refractivity contribution in [3.63, 3.8) is 0 Å². The Labute approximate surface area is 86.7 Å². The maximum Gasteiger partial charge on any atom is 0.134 e. The van der Waals surface area contributed by atoms with Crippen LogP contribution in [0.5, 0.6) is 5.75 Å². The van der Waals surface area contributed by atoms with E-state index < -0.39 is 11.6 Å². The average molecular weight is 208 g/mol. The van der Waals surface area contributed by atoms with E-state index in [1.54, 1.807) is 0 Å². The smallest absolute Gasteiger partial charge is 0.134 e. The van der Waals surface area contributed by atoms with Gasteiger partial charge >= 0.3 is 0 Å². The van der Waals surface area contributed by atoms with Crippen molar-refractivity contribution in [3.8, 4) is 5.75 Å². The topological polar surface area (TPSA) is 20.2 Å². The highest BCUT2D eigenvalue weighted by Gasteiger charge is 2.04. The molecule has 0 unspecified atom stereocenters. The first-order chi connectivity index (χ1) is 7.00. The summed E-state index contributed by atoms with van der Waals surface area (Å²) in [5, 5.41) is 8.98. The van der Waals surface area contributed by atoms with Crippen LogP contribution in [-0.2, 0) is 0 Å². The molecule has 0 amide bonds. The Bertz CT molecular complexity index is 433. The first-order valence-electron chi connectivity index (χ1n) is 4.21. The van der Waals surface area contributed by atoms with Gasteiger partial charge in [0.1, 0.15) is 17.4 Å². The Kier molecular flexibility index (Phi) is 3.39.